The first-order valence-electron chi connectivity index (χ1n) is 5.63. The lowest BCUT2D eigenvalue weighted by atomic mass is 10.0. The Morgan fingerprint density at radius 3 is 2.41 bits per heavy atom. The van der Waals surface area contributed by atoms with Crippen LogP contribution in [0.4, 0.5) is 4.79 Å². The molecule has 1 atom stereocenters. The number of carbonyl (C=O) groups excluding carboxylic acids is 1. The third kappa shape index (κ3) is 5.81. The van der Waals surface area contributed by atoms with E-state index in [1.54, 1.807) is 0 Å². The zero-order valence-electron chi connectivity index (χ0n) is 10.6. The fourth-order valence-electron chi connectivity index (χ4n) is 1.33. The largest absolute Gasteiger partial charge is 0.481 e. The molecule has 0 aliphatic rings. The molecule has 0 aliphatic heterocycles. The van der Waals surface area contributed by atoms with Gasteiger partial charge in [0, 0.05) is 12.6 Å². The molecule has 0 rings (SSSR count). The first-order chi connectivity index (χ1) is 7.92. The van der Waals surface area contributed by atoms with Crippen LogP contribution in [0.2, 0.25) is 0 Å². The fraction of sp³-hybridized carbons (Fsp3) is 0.667. The van der Waals surface area contributed by atoms with Gasteiger partial charge in [-0.15, -0.1) is 6.42 Å². The van der Waals surface area contributed by atoms with Crippen LogP contribution in [-0.4, -0.2) is 41.1 Å². The van der Waals surface area contributed by atoms with E-state index in [-0.39, 0.29) is 31.0 Å². The van der Waals surface area contributed by atoms with E-state index in [0.29, 0.717) is 6.54 Å². The zero-order chi connectivity index (χ0) is 13.4. The molecule has 0 bridgehead atoms. The Labute approximate surface area is 102 Å². The van der Waals surface area contributed by atoms with E-state index in [4.69, 9.17) is 11.5 Å². The molecule has 5 nitrogen and oxygen atoms in total. The minimum atomic E-state index is -0.927. The number of urea groups is 1. The molecule has 0 spiro atoms. The highest BCUT2D eigenvalue weighted by Gasteiger charge is 2.21. The standard InChI is InChI=1S/C12H20N2O3/c1-5-7-14(6-2)12(17)13-10(9(3)4)8-11(15)16/h1,9-10H,6-8H2,2-4H3,(H,13,17)(H,15,16). The summed E-state index contributed by atoms with van der Waals surface area (Å²) < 4.78 is 0. The molecule has 0 aliphatic carbocycles. The minimum absolute atomic E-state index is 0.0552. The maximum absolute atomic E-state index is 11.8. The molecule has 1 unspecified atom stereocenters. The average molecular weight is 240 g/mol. The number of hydrogen-bond acceptors (Lipinski definition) is 2. The summed E-state index contributed by atoms with van der Waals surface area (Å²) in [6, 6.07) is -0.697. The van der Waals surface area contributed by atoms with Crippen LogP contribution >= 0.6 is 0 Å². The van der Waals surface area contributed by atoms with E-state index in [9.17, 15) is 9.59 Å². The highest BCUT2D eigenvalue weighted by atomic mass is 16.4. The first-order valence-corrected chi connectivity index (χ1v) is 5.63. The quantitative estimate of drug-likeness (QED) is 0.684. The van der Waals surface area contributed by atoms with E-state index in [2.05, 4.69) is 11.2 Å². The number of hydrogen-bond donors (Lipinski definition) is 2. The number of carboxylic acid groups (broad SMARTS) is 1. The first kappa shape index (κ1) is 15.3. The summed E-state index contributed by atoms with van der Waals surface area (Å²) in [7, 11) is 0. The molecular formula is C12H20N2O3. The Morgan fingerprint density at radius 1 is 1.47 bits per heavy atom. The maximum atomic E-state index is 11.8. The van der Waals surface area contributed by atoms with Crippen molar-refractivity contribution in [3.05, 3.63) is 0 Å². The van der Waals surface area contributed by atoms with Crippen molar-refractivity contribution in [3.63, 3.8) is 0 Å². The van der Waals surface area contributed by atoms with Gasteiger partial charge in [0.25, 0.3) is 0 Å². The van der Waals surface area contributed by atoms with Gasteiger partial charge in [0.05, 0.1) is 13.0 Å². The SMILES string of the molecule is C#CCN(CC)C(=O)NC(CC(=O)O)C(C)C. The van der Waals surface area contributed by atoms with Crippen molar-refractivity contribution in [2.24, 2.45) is 5.92 Å². The molecular weight excluding hydrogens is 220 g/mol. The van der Waals surface area contributed by atoms with Gasteiger partial charge in [0.2, 0.25) is 0 Å². The summed E-state index contributed by atoms with van der Waals surface area (Å²) >= 11 is 0. The van der Waals surface area contributed by atoms with E-state index in [0.717, 1.165) is 0 Å². The third-order valence-electron chi connectivity index (χ3n) is 2.46. The molecule has 0 heterocycles. The van der Waals surface area contributed by atoms with Crippen LogP contribution in [0, 0.1) is 18.3 Å². The van der Waals surface area contributed by atoms with Crippen LogP contribution in [0.5, 0.6) is 0 Å². The number of carbonyl (C=O) groups is 2. The molecule has 0 fully saturated rings. The Hall–Kier alpha value is -1.70. The minimum Gasteiger partial charge on any atom is -0.481 e. The van der Waals surface area contributed by atoms with Crippen molar-refractivity contribution >= 4 is 12.0 Å². The second-order valence-electron chi connectivity index (χ2n) is 4.12. The van der Waals surface area contributed by atoms with Crippen LogP contribution in [0.3, 0.4) is 0 Å². The van der Waals surface area contributed by atoms with E-state index in [1.165, 1.54) is 4.90 Å². The molecule has 2 amide bonds. The number of terminal acetylenes is 1. The predicted octanol–water partition coefficient (Wildman–Crippen LogP) is 1.15. The highest BCUT2D eigenvalue weighted by molar-refractivity contribution is 5.76. The monoisotopic (exact) mass is 240 g/mol. The fourth-order valence-corrected chi connectivity index (χ4v) is 1.33. The van der Waals surface area contributed by atoms with Gasteiger partial charge in [-0.05, 0) is 12.8 Å². The summed E-state index contributed by atoms with van der Waals surface area (Å²) in [5.41, 5.74) is 0. The number of amides is 2. The number of rotatable bonds is 6. The Morgan fingerprint density at radius 2 is 2.06 bits per heavy atom. The lowest BCUT2D eigenvalue weighted by Gasteiger charge is -2.25. The normalized spacial score (nSPS) is 11.7. The van der Waals surface area contributed by atoms with Gasteiger partial charge < -0.3 is 15.3 Å². The maximum Gasteiger partial charge on any atom is 0.318 e. The summed E-state index contributed by atoms with van der Waals surface area (Å²) in [6.45, 7) is 6.27. The summed E-state index contributed by atoms with van der Waals surface area (Å²) in [5, 5.41) is 11.4. The van der Waals surface area contributed by atoms with E-state index in [1.807, 2.05) is 20.8 Å². The lowest BCUT2D eigenvalue weighted by molar-refractivity contribution is -0.137. The van der Waals surface area contributed by atoms with Gasteiger partial charge in [0.1, 0.15) is 0 Å². The van der Waals surface area contributed by atoms with Crippen LogP contribution < -0.4 is 5.32 Å². The second-order valence-corrected chi connectivity index (χ2v) is 4.12. The van der Waals surface area contributed by atoms with Crippen LogP contribution in [0.25, 0.3) is 0 Å². The third-order valence-corrected chi connectivity index (χ3v) is 2.46. The average Bonchev–Trinajstić information content (AvgIpc) is 2.23. The molecule has 17 heavy (non-hydrogen) atoms. The van der Waals surface area contributed by atoms with Crippen molar-refractivity contribution in [2.75, 3.05) is 13.1 Å². The Balaban J connectivity index is 4.48. The number of aliphatic carboxylic acids is 1. The van der Waals surface area contributed by atoms with Crippen molar-refractivity contribution in [1.29, 1.82) is 0 Å². The van der Waals surface area contributed by atoms with Crippen LogP contribution in [0.1, 0.15) is 27.2 Å². The van der Waals surface area contributed by atoms with Crippen molar-refractivity contribution in [2.45, 2.75) is 33.2 Å². The molecule has 96 valence electrons. The molecule has 0 saturated heterocycles. The molecule has 0 radical (unpaired) electrons. The lowest BCUT2D eigenvalue weighted by Crippen LogP contribution is -2.47. The van der Waals surface area contributed by atoms with Gasteiger partial charge in [-0.3, -0.25) is 4.79 Å². The Kier molecular flexibility index (Phi) is 6.80. The molecule has 5 heteroatoms. The smallest absolute Gasteiger partial charge is 0.318 e. The number of nitrogens with one attached hydrogen (secondary N) is 1. The summed E-state index contributed by atoms with van der Waals surface area (Å²) in [4.78, 5) is 23.9. The van der Waals surface area contributed by atoms with Crippen LogP contribution in [0.15, 0.2) is 0 Å². The van der Waals surface area contributed by atoms with E-state index < -0.39 is 5.97 Å². The van der Waals surface area contributed by atoms with Crippen molar-refractivity contribution in [1.82, 2.24) is 10.2 Å². The van der Waals surface area contributed by atoms with Gasteiger partial charge in [-0.2, -0.15) is 0 Å². The predicted molar refractivity (Wildman–Crippen MR) is 65.5 cm³/mol. The molecule has 0 aromatic heterocycles. The van der Waals surface area contributed by atoms with Crippen LogP contribution in [-0.2, 0) is 4.79 Å². The molecule has 2 N–H and O–H groups in total. The molecule has 0 saturated carbocycles. The highest BCUT2D eigenvalue weighted by Crippen LogP contribution is 2.07. The van der Waals surface area contributed by atoms with Gasteiger partial charge in [-0.25, -0.2) is 4.79 Å². The molecule has 0 aromatic carbocycles. The van der Waals surface area contributed by atoms with Gasteiger partial charge in [0.15, 0.2) is 0 Å². The molecule has 0 aromatic rings. The summed E-state index contributed by atoms with van der Waals surface area (Å²) in [6.07, 6.45) is 5.06. The zero-order valence-corrected chi connectivity index (χ0v) is 10.6. The number of nitrogens with zero attached hydrogens (tertiary/aromatic N) is 1. The van der Waals surface area contributed by atoms with Crippen molar-refractivity contribution in [3.8, 4) is 12.3 Å². The number of carboxylic acids is 1. The van der Waals surface area contributed by atoms with Gasteiger partial charge >= 0.3 is 12.0 Å². The Bertz CT molecular complexity index is 307. The topological polar surface area (TPSA) is 69.6 Å². The van der Waals surface area contributed by atoms with Crippen molar-refractivity contribution < 1.29 is 14.7 Å². The second kappa shape index (κ2) is 7.55. The van der Waals surface area contributed by atoms with E-state index >= 15 is 0 Å². The summed E-state index contributed by atoms with van der Waals surface area (Å²) in [5.74, 6) is 1.52. The van der Waals surface area contributed by atoms with Gasteiger partial charge in [-0.1, -0.05) is 19.8 Å².